The van der Waals surface area contributed by atoms with Crippen LogP contribution in [-0.2, 0) is 4.79 Å². The number of hydrogen-bond acceptors (Lipinski definition) is 3. The first kappa shape index (κ1) is 14.5. The van der Waals surface area contributed by atoms with Crippen molar-refractivity contribution in [3.8, 4) is 0 Å². The number of halogens is 1. The molecule has 6 heteroatoms. The van der Waals surface area contributed by atoms with Gasteiger partial charge in [0.05, 0.1) is 17.6 Å². The molecule has 0 radical (unpaired) electrons. The zero-order valence-corrected chi connectivity index (χ0v) is 11.1. The predicted octanol–water partition coefficient (Wildman–Crippen LogP) is 1.91. The van der Waals surface area contributed by atoms with Gasteiger partial charge in [-0.05, 0) is 25.1 Å². The molecule has 98 valence electrons. The summed E-state index contributed by atoms with van der Waals surface area (Å²) in [6.07, 6.45) is 1.72. The summed E-state index contributed by atoms with van der Waals surface area (Å²) < 4.78 is 0. The van der Waals surface area contributed by atoms with Gasteiger partial charge in [-0.1, -0.05) is 6.92 Å². The number of aromatic amines is 1. The van der Waals surface area contributed by atoms with Crippen LogP contribution in [0.4, 0.5) is 5.69 Å². The molecule has 2 rings (SSSR count). The Balaban J connectivity index is 0.00000162. The van der Waals surface area contributed by atoms with Crippen LogP contribution in [0.2, 0.25) is 0 Å². The third kappa shape index (κ3) is 3.00. The van der Waals surface area contributed by atoms with Crippen molar-refractivity contribution >= 4 is 34.9 Å². The number of fused-ring (bicyclic) bond motifs is 1. The summed E-state index contributed by atoms with van der Waals surface area (Å²) in [5, 5.41) is 10.6. The van der Waals surface area contributed by atoms with Gasteiger partial charge in [-0.15, -0.1) is 12.4 Å². The van der Waals surface area contributed by atoms with Gasteiger partial charge in [0.25, 0.3) is 0 Å². The van der Waals surface area contributed by atoms with E-state index in [9.17, 15) is 4.79 Å². The van der Waals surface area contributed by atoms with E-state index in [2.05, 4.69) is 15.5 Å². The molecular weight excluding hydrogens is 252 g/mol. The summed E-state index contributed by atoms with van der Waals surface area (Å²) in [5.74, 6) is -0.280. The molecule has 5 nitrogen and oxygen atoms in total. The normalized spacial score (nSPS) is 13.7. The quantitative estimate of drug-likeness (QED) is 0.795. The molecule has 4 N–H and O–H groups in total. The molecule has 0 aliphatic carbocycles. The number of H-pyrrole nitrogens is 1. The molecular formula is C12H17ClN4O. The second-order valence-corrected chi connectivity index (χ2v) is 4.31. The van der Waals surface area contributed by atoms with Gasteiger partial charge in [-0.3, -0.25) is 9.89 Å². The van der Waals surface area contributed by atoms with Gasteiger partial charge in [0.1, 0.15) is 0 Å². The minimum Gasteiger partial charge on any atom is -0.327 e. The third-order valence-corrected chi connectivity index (χ3v) is 2.91. The Hall–Kier alpha value is -1.59. The van der Waals surface area contributed by atoms with E-state index in [0.29, 0.717) is 0 Å². The first-order valence-corrected chi connectivity index (χ1v) is 5.57. The van der Waals surface area contributed by atoms with E-state index in [4.69, 9.17) is 5.73 Å². The zero-order valence-electron chi connectivity index (χ0n) is 10.3. The average molecular weight is 269 g/mol. The van der Waals surface area contributed by atoms with Crippen molar-refractivity contribution in [1.29, 1.82) is 0 Å². The van der Waals surface area contributed by atoms with Gasteiger partial charge < -0.3 is 11.1 Å². The molecule has 0 aliphatic heterocycles. The monoisotopic (exact) mass is 268 g/mol. The number of nitrogens with one attached hydrogen (secondary N) is 2. The lowest BCUT2D eigenvalue weighted by molar-refractivity contribution is -0.119. The Morgan fingerprint density at radius 1 is 1.44 bits per heavy atom. The predicted molar refractivity (Wildman–Crippen MR) is 74.8 cm³/mol. The summed E-state index contributed by atoms with van der Waals surface area (Å²) in [5.41, 5.74) is 7.40. The fraction of sp³-hybridized carbons (Fsp3) is 0.333. The van der Waals surface area contributed by atoms with Gasteiger partial charge in [-0.2, -0.15) is 5.10 Å². The minimum atomic E-state index is -0.213. The number of carbonyl (C=O) groups is 1. The number of nitrogens with two attached hydrogens (primary N) is 1. The molecule has 18 heavy (non-hydrogen) atoms. The van der Waals surface area contributed by atoms with Gasteiger partial charge in [-0.25, -0.2) is 0 Å². The van der Waals surface area contributed by atoms with Crippen LogP contribution in [0.5, 0.6) is 0 Å². The number of carbonyl (C=O) groups excluding carboxylic acids is 1. The molecule has 2 atom stereocenters. The van der Waals surface area contributed by atoms with Crippen LogP contribution in [0, 0.1) is 5.92 Å². The average Bonchev–Trinajstić information content (AvgIpc) is 2.74. The highest BCUT2D eigenvalue weighted by atomic mass is 35.5. The summed E-state index contributed by atoms with van der Waals surface area (Å²) in [6.45, 7) is 3.64. The highest BCUT2D eigenvalue weighted by Crippen LogP contribution is 2.17. The highest BCUT2D eigenvalue weighted by molar-refractivity contribution is 5.95. The van der Waals surface area contributed by atoms with E-state index in [1.165, 1.54) is 0 Å². The fourth-order valence-corrected chi connectivity index (χ4v) is 1.52. The zero-order chi connectivity index (χ0) is 12.4. The van der Waals surface area contributed by atoms with Crippen LogP contribution >= 0.6 is 12.4 Å². The van der Waals surface area contributed by atoms with E-state index >= 15 is 0 Å². The molecule has 1 amide bonds. The smallest absolute Gasteiger partial charge is 0.228 e. The summed E-state index contributed by atoms with van der Waals surface area (Å²) in [4.78, 5) is 11.8. The largest absolute Gasteiger partial charge is 0.327 e. The van der Waals surface area contributed by atoms with E-state index < -0.39 is 0 Å². The highest BCUT2D eigenvalue weighted by Gasteiger charge is 2.16. The summed E-state index contributed by atoms with van der Waals surface area (Å²) >= 11 is 0. The molecule has 1 aromatic heterocycles. The first-order valence-electron chi connectivity index (χ1n) is 5.57. The molecule has 2 unspecified atom stereocenters. The lowest BCUT2D eigenvalue weighted by Gasteiger charge is -2.15. The van der Waals surface area contributed by atoms with Crippen molar-refractivity contribution in [2.45, 2.75) is 19.9 Å². The van der Waals surface area contributed by atoms with E-state index in [1.807, 2.05) is 32.0 Å². The SMILES string of the molecule is CC(N)C(C)C(=O)Nc1ccc2[nH]ncc2c1.Cl. The molecule has 0 saturated heterocycles. The van der Waals surface area contributed by atoms with Crippen molar-refractivity contribution in [3.63, 3.8) is 0 Å². The Labute approximate surface area is 112 Å². The maximum absolute atomic E-state index is 11.8. The van der Waals surface area contributed by atoms with Crippen LogP contribution in [0.1, 0.15) is 13.8 Å². The number of aromatic nitrogens is 2. The van der Waals surface area contributed by atoms with Crippen molar-refractivity contribution in [2.24, 2.45) is 11.7 Å². The number of nitrogens with zero attached hydrogens (tertiary/aromatic N) is 1. The minimum absolute atomic E-state index is 0. The Morgan fingerprint density at radius 3 is 2.83 bits per heavy atom. The first-order chi connectivity index (χ1) is 8.08. The Bertz CT molecular complexity index is 538. The van der Waals surface area contributed by atoms with Gasteiger partial charge in [0.2, 0.25) is 5.91 Å². The molecule has 2 aromatic rings. The standard InChI is InChI=1S/C12H16N4O.ClH/c1-7(8(2)13)12(17)15-10-3-4-11-9(5-10)6-14-16-11;/h3-8H,13H2,1-2H3,(H,14,16)(H,15,17);1H. The fourth-order valence-electron chi connectivity index (χ4n) is 1.52. The lowest BCUT2D eigenvalue weighted by Crippen LogP contribution is -2.34. The second-order valence-electron chi connectivity index (χ2n) is 4.31. The van der Waals surface area contributed by atoms with Crippen LogP contribution < -0.4 is 11.1 Å². The molecule has 0 saturated carbocycles. The third-order valence-electron chi connectivity index (χ3n) is 2.91. The van der Waals surface area contributed by atoms with Crippen molar-refractivity contribution < 1.29 is 4.79 Å². The number of anilines is 1. The van der Waals surface area contributed by atoms with Gasteiger partial charge >= 0.3 is 0 Å². The van der Waals surface area contributed by atoms with Crippen LogP contribution in [0.25, 0.3) is 10.9 Å². The molecule has 1 aromatic carbocycles. The number of benzene rings is 1. The Morgan fingerprint density at radius 2 is 2.17 bits per heavy atom. The molecule has 1 heterocycles. The summed E-state index contributed by atoms with van der Waals surface area (Å²) in [6, 6.07) is 5.44. The van der Waals surface area contributed by atoms with E-state index in [1.54, 1.807) is 6.20 Å². The lowest BCUT2D eigenvalue weighted by atomic mass is 10.0. The molecule has 0 aliphatic rings. The number of hydrogen-bond donors (Lipinski definition) is 3. The second kappa shape index (κ2) is 5.84. The number of rotatable bonds is 3. The topological polar surface area (TPSA) is 83.8 Å². The van der Waals surface area contributed by atoms with Crippen LogP contribution in [-0.4, -0.2) is 22.1 Å². The molecule has 0 spiro atoms. The summed E-state index contributed by atoms with van der Waals surface area (Å²) in [7, 11) is 0. The Kier molecular flexibility index (Phi) is 4.69. The maximum Gasteiger partial charge on any atom is 0.228 e. The van der Waals surface area contributed by atoms with Crippen LogP contribution in [0.15, 0.2) is 24.4 Å². The maximum atomic E-state index is 11.8. The molecule has 0 bridgehead atoms. The van der Waals surface area contributed by atoms with Gasteiger partial charge in [0, 0.05) is 17.1 Å². The van der Waals surface area contributed by atoms with Crippen molar-refractivity contribution in [2.75, 3.05) is 5.32 Å². The number of amides is 1. The van der Waals surface area contributed by atoms with Crippen molar-refractivity contribution in [1.82, 2.24) is 10.2 Å². The van der Waals surface area contributed by atoms with Gasteiger partial charge in [0.15, 0.2) is 0 Å². The van der Waals surface area contributed by atoms with Crippen molar-refractivity contribution in [3.05, 3.63) is 24.4 Å². The van der Waals surface area contributed by atoms with E-state index in [0.717, 1.165) is 16.6 Å². The van der Waals surface area contributed by atoms with E-state index in [-0.39, 0.29) is 30.3 Å². The van der Waals surface area contributed by atoms with Crippen LogP contribution in [0.3, 0.4) is 0 Å². The molecule has 0 fully saturated rings.